The van der Waals surface area contributed by atoms with Gasteiger partial charge in [0.25, 0.3) is 0 Å². The van der Waals surface area contributed by atoms with Crippen LogP contribution < -0.4 is 5.46 Å². The molecule has 0 aromatic heterocycles. The van der Waals surface area contributed by atoms with E-state index in [4.69, 9.17) is 13.1 Å². The summed E-state index contributed by atoms with van der Waals surface area (Å²) in [5.41, 5.74) is 2.31. The van der Waals surface area contributed by atoms with Crippen molar-refractivity contribution in [3.8, 4) is 6.07 Å². The molecule has 0 N–H and O–H groups in total. The van der Waals surface area contributed by atoms with Crippen molar-refractivity contribution < 1.29 is 0 Å². The van der Waals surface area contributed by atoms with Gasteiger partial charge in [0.1, 0.15) is 7.85 Å². The molecule has 1 aromatic carbocycles. The highest BCUT2D eigenvalue weighted by molar-refractivity contribution is 6.33. The van der Waals surface area contributed by atoms with Gasteiger partial charge in [0.05, 0.1) is 11.6 Å². The third kappa shape index (κ3) is 1.19. The smallest absolute Gasteiger partial charge is 0.114 e. The minimum atomic E-state index is 0.614. The Morgan fingerprint density at radius 2 is 2.20 bits per heavy atom. The molecule has 0 saturated carbocycles. The first-order valence-electron chi connectivity index (χ1n) is 3.00. The highest BCUT2D eigenvalue weighted by Crippen LogP contribution is 1.96. The molecule has 0 fully saturated rings. The van der Waals surface area contributed by atoms with Crippen LogP contribution in [0.25, 0.3) is 0 Å². The molecular formula is C8H6BN. The molecule has 46 valence electrons. The van der Waals surface area contributed by atoms with Crippen molar-refractivity contribution in [2.45, 2.75) is 6.92 Å². The molecule has 1 rings (SSSR count). The van der Waals surface area contributed by atoms with Crippen molar-refractivity contribution in [3.05, 3.63) is 29.3 Å². The molecule has 0 aliphatic carbocycles. The topological polar surface area (TPSA) is 23.8 Å². The SMILES string of the molecule is [B]c1cc(C#N)ccc1C. The van der Waals surface area contributed by atoms with Crippen molar-refractivity contribution in [2.24, 2.45) is 0 Å². The molecule has 0 unspecified atom stereocenters. The van der Waals surface area contributed by atoms with E-state index < -0.39 is 0 Å². The lowest BCUT2D eigenvalue weighted by Gasteiger charge is -1.97. The van der Waals surface area contributed by atoms with Gasteiger partial charge in [-0.1, -0.05) is 23.2 Å². The minimum Gasteiger partial charge on any atom is -0.192 e. The molecule has 0 atom stereocenters. The summed E-state index contributed by atoms with van der Waals surface area (Å²) in [5.74, 6) is 0. The lowest BCUT2D eigenvalue weighted by molar-refractivity contribution is 1.46. The van der Waals surface area contributed by atoms with Gasteiger partial charge in [-0.15, -0.1) is 0 Å². The molecule has 0 spiro atoms. The number of hydrogen-bond donors (Lipinski definition) is 0. The summed E-state index contributed by atoms with van der Waals surface area (Å²) < 4.78 is 0. The summed E-state index contributed by atoms with van der Waals surface area (Å²) >= 11 is 0. The Bertz CT molecular complexity index is 286. The number of hydrogen-bond acceptors (Lipinski definition) is 1. The second-order valence-electron chi connectivity index (χ2n) is 2.18. The normalized spacial score (nSPS) is 8.80. The Kier molecular flexibility index (Phi) is 1.77. The van der Waals surface area contributed by atoms with Crippen LogP contribution in [0, 0.1) is 18.3 Å². The van der Waals surface area contributed by atoms with Gasteiger partial charge in [-0.25, -0.2) is 0 Å². The summed E-state index contributed by atoms with van der Waals surface area (Å²) in [6, 6.07) is 7.29. The number of aryl methyl sites for hydroxylation is 1. The molecule has 10 heavy (non-hydrogen) atoms. The van der Waals surface area contributed by atoms with Gasteiger partial charge < -0.3 is 0 Å². The van der Waals surface area contributed by atoms with Crippen LogP contribution in [-0.2, 0) is 0 Å². The first kappa shape index (κ1) is 6.89. The molecule has 0 amide bonds. The molecule has 0 saturated heterocycles. The fourth-order valence-electron chi connectivity index (χ4n) is 0.710. The first-order chi connectivity index (χ1) is 4.74. The van der Waals surface area contributed by atoms with Crippen LogP contribution in [0.2, 0.25) is 0 Å². The van der Waals surface area contributed by atoms with Gasteiger partial charge in [0.15, 0.2) is 0 Å². The van der Waals surface area contributed by atoms with Crippen LogP contribution in [0.15, 0.2) is 18.2 Å². The Morgan fingerprint density at radius 1 is 1.50 bits per heavy atom. The third-order valence-corrected chi connectivity index (χ3v) is 1.41. The Balaban J connectivity index is 3.20. The van der Waals surface area contributed by atoms with Gasteiger partial charge in [0, 0.05) is 0 Å². The maximum atomic E-state index is 8.45. The number of rotatable bonds is 0. The number of benzene rings is 1. The largest absolute Gasteiger partial charge is 0.192 e. The van der Waals surface area contributed by atoms with Crippen molar-refractivity contribution in [1.29, 1.82) is 5.26 Å². The van der Waals surface area contributed by atoms with E-state index in [0.717, 1.165) is 5.56 Å². The summed E-state index contributed by atoms with van der Waals surface area (Å²) in [7, 11) is 5.55. The zero-order valence-electron chi connectivity index (χ0n) is 5.76. The van der Waals surface area contributed by atoms with Crippen molar-refractivity contribution in [2.75, 3.05) is 0 Å². The highest BCUT2D eigenvalue weighted by Gasteiger charge is 1.92. The first-order valence-corrected chi connectivity index (χ1v) is 3.00. The molecule has 1 nitrogen and oxygen atoms in total. The summed E-state index contributed by atoms with van der Waals surface area (Å²) in [6.07, 6.45) is 0. The van der Waals surface area contributed by atoms with Gasteiger partial charge in [-0.2, -0.15) is 5.26 Å². The maximum absolute atomic E-state index is 8.45. The molecule has 2 heteroatoms. The minimum absolute atomic E-state index is 0.614. The predicted octanol–water partition coefficient (Wildman–Crippen LogP) is 0.661. The summed E-state index contributed by atoms with van der Waals surface area (Å²) in [5, 5.41) is 8.45. The second kappa shape index (κ2) is 2.57. The number of nitriles is 1. The van der Waals surface area contributed by atoms with Crippen LogP contribution in [-0.4, -0.2) is 7.85 Å². The van der Waals surface area contributed by atoms with Crippen LogP contribution in [0.1, 0.15) is 11.1 Å². The number of nitrogens with zero attached hydrogens (tertiary/aromatic N) is 1. The molecule has 2 radical (unpaired) electrons. The predicted molar refractivity (Wildman–Crippen MR) is 41.3 cm³/mol. The molecule has 0 heterocycles. The van der Waals surface area contributed by atoms with Gasteiger partial charge >= 0.3 is 0 Å². The van der Waals surface area contributed by atoms with E-state index in [2.05, 4.69) is 0 Å². The monoisotopic (exact) mass is 127 g/mol. The van der Waals surface area contributed by atoms with Crippen LogP contribution in [0.4, 0.5) is 0 Å². The van der Waals surface area contributed by atoms with E-state index in [0.29, 0.717) is 11.0 Å². The van der Waals surface area contributed by atoms with Crippen LogP contribution in [0.5, 0.6) is 0 Å². The van der Waals surface area contributed by atoms with E-state index in [9.17, 15) is 0 Å². The van der Waals surface area contributed by atoms with E-state index in [-0.39, 0.29) is 0 Å². The van der Waals surface area contributed by atoms with Crippen molar-refractivity contribution in [3.63, 3.8) is 0 Å². The zero-order chi connectivity index (χ0) is 7.56. The Labute approximate surface area is 61.7 Å². The highest BCUT2D eigenvalue weighted by atomic mass is 14.2. The summed E-state index contributed by atoms with van der Waals surface area (Å²) in [4.78, 5) is 0. The van der Waals surface area contributed by atoms with Gasteiger partial charge in [-0.3, -0.25) is 0 Å². The standard InChI is InChI=1S/C8H6BN/c1-6-2-3-7(5-10)4-8(6)9/h2-4H,1H3. The van der Waals surface area contributed by atoms with E-state index in [1.807, 2.05) is 19.1 Å². The van der Waals surface area contributed by atoms with Crippen molar-refractivity contribution in [1.82, 2.24) is 0 Å². The third-order valence-electron chi connectivity index (χ3n) is 1.41. The lowest BCUT2D eigenvalue weighted by atomic mass is 9.90. The maximum Gasteiger partial charge on any atom is 0.114 e. The quantitative estimate of drug-likeness (QED) is 0.469. The van der Waals surface area contributed by atoms with Gasteiger partial charge in [0.2, 0.25) is 0 Å². The van der Waals surface area contributed by atoms with E-state index in [1.165, 1.54) is 0 Å². The van der Waals surface area contributed by atoms with Crippen molar-refractivity contribution >= 4 is 13.3 Å². The van der Waals surface area contributed by atoms with Crippen LogP contribution in [0.3, 0.4) is 0 Å². The second-order valence-corrected chi connectivity index (χ2v) is 2.18. The Morgan fingerprint density at radius 3 is 2.70 bits per heavy atom. The molecule has 0 aliphatic heterocycles. The molecule has 0 aliphatic rings. The van der Waals surface area contributed by atoms with Gasteiger partial charge in [-0.05, 0) is 13.0 Å². The van der Waals surface area contributed by atoms with E-state index in [1.54, 1.807) is 12.1 Å². The average molecular weight is 127 g/mol. The van der Waals surface area contributed by atoms with Crippen LogP contribution >= 0.6 is 0 Å². The fourth-order valence-corrected chi connectivity index (χ4v) is 0.710. The zero-order valence-corrected chi connectivity index (χ0v) is 5.76. The molecule has 0 bridgehead atoms. The fraction of sp³-hybridized carbons (Fsp3) is 0.125. The van der Waals surface area contributed by atoms with E-state index >= 15 is 0 Å². The molecular weight excluding hydrogens is 121 g/mol. The Hall–Kier alpha value is -1.23. The summed E-state index contributed by atoms with van der Waals surface area (Å²) in [6.45, 7) is 1.91. The average Bonchev–Trinajstić information content (AvgIpc) is 1.95. The molecule has 1 aromatic rings. The lowest BCUT2D eigenvalue weighted by Crippen LogP contribution is -2.06.